The van der Waals surface area contributed by atoms with Crippen molar-refractivity contribution >= 4 is 5.84 Å². The molecule has 2 saturated carbocycles. The largest absolute Gasteiger partial charge is 0.343 e. The topological polar surface area (TPSA) is 106 Å². The van der Waals surface area contributed by atoms with Gasteiger partial charge >= 0.3 is 5.91 Å². The summed E-state index contributed by atoms with van der Waals surface area (Å²) in [5.41, 5.74) is 3.76. The summed E-state index contributed by atoms with van der Waals surface area (Å²) in [5.74, 6) is -0.902. The Morgan fingerprint density at radius 2 is 1.95 bits per heavy atom. The third-order valence-electron chi connectivity index (χ3n) is 6.06. The predicted octanol–water partition coefficient (Wildman–Crippen LogP) is -0.489. The number of rotatable bonds is 0. The van der Waals surface area contributed by atoms with Gasteiger partial charge in [-0.15, -0.1) is 0 Å². The molecule has 2 spiro atoms. The van der Waals surface area contributed by atoms with E-state index in [2.05, 4.69) is 17.1 Å². The van der Waals surface area contributed by atoms with Crippen molar-refractivity contribution in [2.75, 3.05) is 6.61 Å². The van der Waals surface area contributed by atoms with Crippen molar-refractivity contribution in [2.45, 2.75) is 51.0 Å². The number of nitrogens with one attached hydrogen (secondary N) is 1. The fourth-order valence-corrected chi connectivity index (χ4v) is 5.35. The summed E-state index contributed by atoms with van der Waals surface area (Å²) in [7, 11) is 0. The Morgan fingerprint density at radius 3 is 2.48 bits per heavy atom. The molecule has 2 aliphatic heterocycles. The first-order valence-corrected chi connectivity index (χ1v) is 7.61. The van der Waals surface area contributed by atoms with Crippen LogP contribution in [0.5, 0.6) is 0 Å². The van der Waals surface area contributed by atoms with E-state index in [1.165, 1.54) is 0 Å². The molecule has 110 valence electrons. The van der Waals surface area contributed by atoms with Crippen LogP contribution in [0.25, 0.3) is 0 Å². The van der Waals surface area contributed by atoms with E-state index in [9.17, 15) is 10.5 Å². The molecule has 2 aliphatic carbocycles. The molecule has 0 unspecified atom stereocenters. The maximum absolute atomic E-state index is 10.0. The molecule has 0 radical (unpaired) electrons. The molecular formula is C15H19N4O2+. The zero-order valence-electron chi connectivity index (χ0n) is 12.1. The maximum Gasteiger partial charge on any atom is 0.343 e. The average Bonchev–Trinajstić information content (AvgIpc) is 2.68. The fraction of sp³-hybridized carbons (Fsp3) is 0.800. The smallest absolute Gasteiger partial charge is 0.311 e. The first-order chi connectivity index (χ1) is 10.1. The molecular weight excluding hydrogens is 268 g/mol. The van der Waals surface area contributed by atoms with Gasteiger partial charge in [0.15, 0.2) is 10.8 Å². The Morgan fingerprint density at radius 1 is 1.24 bits per heavy atom. The van der Waals surface area contributed by atoms with Crippen molar-refractivity contribution in [1.29, 1.82) is 10.5 Å². The van der Waals surface area contributed by atoms with Gasteiger partial charge in [-0.3, -0.25) is 5.73 Å². The van der Waals surface area contributed by atoms with Crippen LogP contribution in [0.4, 0.5) is 0 Å². The van der Waals surface area contributed by atoms with Crippen LogP contribution in [0.15, 0.2) is 0 Å². The maximum atomic E-state index is 10.0. The normalized spacial score (nSPS) is 49.5. The van der Waals surface area contributed by atoms with Crippen LogP contribution >= 0.6 is 0 Å². The molecule has 0 bridgehead atoms. The van der Waals surface area contributed by atoms with Crippen LogP contribution in [0.2, 0.25) is 0 Å². The molecule has 3 fully saturated rings. The Kier molecular flexibility index (Phi) is 2.22. The molecule has 4 rings (SSSR count). The van der Waals surface area contributed by atoms with E-state index in [0.29, 0.717) is 12.4 Å². The molecule has 21 heavy (non-hydrogen) atoms. The summed E-state index contributed by atoms with van der Waals surface area (Å²) in [4.78, 5) is 3.02. The van der Waals surface area contributed by atoms with Crippen LogP contribution in [-0.4, -0.2) is 24.5 Å². The number of nitrogens with zero attached hydrogens (tertiary/aromatic N) is 2. The SMILES string of the molecule is C[C@@H]1CO[C@@]2([NH+]=C(N)[C@@]3(C#N)C4(CCCCC4)[C@@]23C#N)O1. The average molecular weight is 287 g/mol. The third-order valence-corrected chi connectivity index (χ3v) is 6.06. The van der Waals surface area contributed by atoms with Gasteiger partial charge in [-0.1, -0.05) is 19.3 Å². The molecule has 0 aromatic carbocycles. The second kappa shape index (κ2) is 3.58. The minimum Gasteiger partial charge on any atom is -0.311 e. The third kappa shape index (κ3) is 0.994. The summed E-state index contributed by atoms with van der Waals surface area (Å²) in [6.45, 7) is 2.31. The van der Waals surface area contributed by atoms with Gasteiger partial charge in [0.25, 0.3) is 5.84 Å². The minimum atomic E-state index is -1.25. The molecule has 3 N–H and O–H groups in total. The van der Waals surface area contributed by atoms with Gasteiger partial charge in [0, 0.05) is 5.41 Å². The number of ether oxygens (including phenoxy) is 2. The van der Waals surface area contributed by atoms with Gasteiger partial charge in [0.2, 0.25) is 0 Å². The van der Waals surface area contributed by atoms with Gasteiger partial charge in [0.05, 0.1) is 24.8 Å². The van der Waals surface area contributed by atoms with Crippen LogP contribution < -0.4 is 10.7 Å². The van der Waals surface area contributed by atoms with Crippen molar-refractivity contribution in [3.8, 4) is 12.1 Å². The molecule has 0 amide bonds. The first kappa shape index (κ1) is 13.1. The van der Waals surface area contributed by atoms with E-state index >= 15 is 0 Å². The highest BCUT2D eigenvalue weighted by atomic mass is 16.8. The van der Waals surface area contributed by atoms with Crippen molar-refractivity contribution in [3.63, 3.8) is 0 Å². The van der Waals surface area contributed by atoms with E-state index in [1.807, 2.05) is 6.92 Å². The fourth-order valence-electron chi connectivity index (χ4n) is 5.35. The lowest BCUT2D eigenvalue weighted by atomic mass is 9.76. The van der Waals surface area contributed by atoms with Crippen molar-refractivity contribution < 1.29 is 14.5 Å². The summed E-state index contributed by atoms with van der Waals surface area (Å²) in [5, 5.41) is 19.9. The summed E-state index contributed by atoms with van der Waals surface area (Å²) >= 11 is 0. The highest BCUT2D eigenvalue weighted by molar-refractivity contribution is 5.95. The monoisotopic (exact) mass is 287 g/mol. The summed E-state index contributed by atoms with van der Waals surface area (Å²) < 4.78 is 11.9. The second-order valence-corrected chi connectivity index (χ2v) is 6.76. The Bertz CT molecular complexity index is 627. The zero-order valence-corrected chi connectivity index (χ0v) is 12.1. The van der Waals surface area contributed by atoms with Crippen LogP contribution in [-0.2, 0) is 9.47 Å². The van der Waals surface area contributed by atoms with Crippen molar-refractivity contribution in [1.82, 2.24) is 0 Å². The number of fused-ring (bicyclic) bond motifs is 4. The molecule has 1 saturated heterocycles. The van der Waals surface area contributed by atoms with E-state index in [-0.39, 0.29) is 6.10 Å². The van der Waals surface area contributed by atoms with E-state index in [4.69, 9.17) is 15.2 Å². The lowest BCUT2D eigenvalue weighted by Gasteiger charge is -2.31. The van der Waals surface area contributed by atoms with Gasteiger partial charge in [0.1, 0.15) is 0 Å². The number of hydrogen-bond acceptors (Lipinski definition) is 5. The van der Waals surface area contributed by atoms with Gasteiger partial charge < -0.3 is 9.47 Å². The highest BCUT2D eigenvalue weighted by Crippen LogP contribution is 2.86. The van der Waals surface area contributed by atoms with Crippen LogP contribution in [0, 0.1) is 38.9 Å². The number of hydrogen-bond donors (Lipinski definition) is 2. The van der Waals surface area contributed by atoms with Gasteiger partial charge in [-0.05, 0) is 19.8 Å². The lowest BCUT2D eigenvalue weighted by molar-refractivity contribution is -0.680. The van der Waals surface area contributed by atoms with Crippen LogP contribution in [0.1, 0.15) is 39.0 Å². The lowest BCUT2D eigenvalue weighted by Crippen LogP contribution is -2.90. The van der Waals surface area contributed by atoms with Crippen molar-refractivity contribution in [3.05, 3.63) is 0 Å². The molecule has 6 heteroatoms. The number of amidine groups is 1. The van der Waals surface area contributed by atoms with Crippen LogP contribution in [0.3, 0.4) is 0 Å². The highest BCUT2D eigenvalue weighted by Gasteiger charge is 3.03. The van der Waals surface area contributed by atoms with Crippen molar-refractivity contribution in [2.24, 2.45) is 22.0 Å². The molecule has 6 nitrogen and oxygen atoms in total. The molecule has 4 atom stereocenters. The Labute approximate surface area is 123 Å². The van der Waals surface area contributed by atoms with E-state index in [0.717, 1.165) is 32.1 Å². The first-order valence-electron chi connectivity index (χ1n) is 7.61. The molecule has 0 aromatic rings. The predicted molar refractivity (Wildman–Crippen MR) is 71.0 cm³/mol. The second-order valence-electron chi connectivity index (χ2n) is 6.76. The minimum absolute atomic E-state index is 0.119. The molecule has 2 heterocycles. The Balaban J connectivity index is 1.93. The number of nitrogens with two attached hydrogens (primary N) is 1. The molecule has 4 aliphatic rings. The van der Waals surface area contributed by atoms with Gasteiger partial charge in [-0.25, -0.2) is 4.99 Å². The quantitative estimate of drug-likeness (QED) is 0.625. The van der Waals surface area contributed by atoms with E-state index < -0.39 is 22.2 Å². The zero-order chi connectivity index (χ0) is 14.9. The van der Waals surface area contributed by atoms with Gasteiger partial charge in [-0.2, -0.15) is 10.5 Å². The number of nitriles is 2. The summed E-state index contributed by atoms with van der Waals surface area (Å²) in [6.07, 6.45) is 4.73. The standard InChI is InChI=1S/C15H18N4O2/c1-10-7-20-15(21-10)14(9-17)12(5-3-2-4-6-12)13(14,8-16)11(18)19-15/h10H,2-7H2,1H3,(H2,18,19)/p+1/t10-,13+,14-,15-/m1/s1. The van der Waals surface area contributed by atoms with E-state index in [1.54, 1.807) is 0 Å². The Hall–Kier alpha value is -1.63. The molecule has 0 aromatic heterocycles. The summed E-state index contributed by atoms with van der Waals surface area (Å²) in [6, 6.07) is 4.79.